The molecule has 3 aromatic rings. The average molecular weight is 322 g/mol. The Kier molecular flexibility index (Phi) is 4.76. The van der Waals surface area contributed by atoms with Crippen molar-refractivity contribution in [2.45, 2.75) is 6.54 Å². The molecule has 1 amide bonds. The maximum atomic E-state index is 13.1. The van der Waals surface area contributed by atoms with Crippen molar-refractivity contribution in [3.05, 3.63) is 83.7 Å². The van der Waals surface area contributed by atoms with E-state index in [1.54, 1.807) is 12.1 Å². The maximum absolute atomic E-state index is 13.1. The molecule has 0 fully saturated rings. The normalized spacial score (nSPS) is 10.2. The minimum Gasteiger partial charge on any atom is -0.365 e. The van der Waals surface area contributed by atoms with Crippen molar-refractivity contribution in [1.29, 1.82) is 0 Å². The molecule has 0 atom stereocenters. The molecule has 0 radical (unpaired) electrons. The number of hydrogen-bond acceptors (Lipinski definition) is 4. The first kappa shape index (κ1) is 15.6. The fourth-order valence-corrected chi connectivity index (χ4v) is 2.10. The Hall–Kier alpha value is -3.28. The van der Waals surface area contributed by atoms with Crippen LogP contribution in [-0.4, -0.2) is 16.1 Å². The highest BCUT2D eigenvalue weighted by Gasteiger charge is 2.08. The van der Waals surface area contributed by atoms with E-state index >= 15 is 0 Å². The Balaban J connectivity index is 1.59. The van der Waals surface area contributed by atoms with Crippen LogP contribution < -0.4 is 10.6 Å². The third kappa shape index (κ3) is 4.13. The zero-order valence-electron chi connectivity index (χ0n) is 12.7. The van der Waals surface area contributed by atoms with Crippen LogP contribution in [0.5, 0.6) is 0 Å². The van der Waals surface area contributed by atoms with Gasteiger partial charge < -0.3 is 10.6 Å². The first-order valence-corrected chi connectivity index (χ1v) is 7.39. The summed E-state index contributed by atoms with van der Waals surface area (Å²) in [5.74, 6) is 0.000110. The molecule has 1 aromatic heterocycles. The maximum Gasteiger partial charge on any atom is 0.256 e. The molecule has 24 heavy (non-hydrogen) atoms. The minimum atomic E-state index is -0.464. The summed E-state index contributed by atoms with van der Waals surface area (Å²) in [6.45, 7) is 0.629. The van der Waals surface area contributed by atoms with E-state index in [0.29, 0.717) is 18.2 Å². The van der Waals surface area contributed by atoms with Gasteiger partial charge in [0, 0.05) is 12.1 Å². The molecule has 6 heteroatoms. The van der Waals surface area contributed by atoms with Gasteiger partial charge in [-0.25, -0.2) is 4.39 Å². The number of amides is 1. The topological polar surface area (TPSA) is 66.9 Å². The van der Waals surface area contributed by atoms with Crippen molar-refractivity contribution >= 4 is 17.5 Å². The molecule has 0 aliphatic rings. The number of rotatable bonds is 5. The number of carbonyl (C=O) groups is 1. The standard InChI is InChI=1S/C18H15FN4O/c19-15-8-4-7-14(11-15)18(24)21-17-10-9-16(22-23-17)20-12-13-5-2-1-3-6-13/h1-11H,12H2,(H,20,22)(H,21,23,24). The van der Waals surface area contributed by atoms with Crippen molar-refractivity contribution in [2.75, 3.05) is 10.6 Å². The lowest BCUT2D eigenvalue weighted by Crippen LogP contribution is -2.14. The summed E-state index contributed by atoms with van der Waals surface area (Å²) in [5, 5.41) is 13.7. The smallest absolute Gasteiger partial charge is 0.256 e. The largest absolute Gasteiger partial charge is 0.365 e. The Morgan fingerprint density at radius 2 is 1.67 bits per heavy atom. The van der Waals surface area contributed by atoms with Crippen molar-refractivity contribution in [3.8, 4) is 0 Å². The second kappa shape index (κ2) is 7.32. The molecular weight excluding hydrogens is 307 g/mol. The average Bonchev–Trinajstić information content (AvgIpc) is 2.62. The van der Waals surface area contributed by atoms with E-state index in [1.165, 1.54) is 24.3 Å². The lowest BCUT2D eigenvalue weighted by molar-refractivity contribution is 0.102. The van der Waals surface area contributed by atoms with Crippen LogP contribution in [0.1, 0.15) is 15.9 Å². The first-order chi connectivity index (χ1) is 11.7. The Labute approximate surface area is 138 Å². The first-order valence-electron chi connectivity index (χ1n) is 7.39. The van der Waals surface area contributed by atoms with Crippen molar-refractivity contribution in [1.82, 2.24) is 10.2 Å². The minimum absolute atomic E-state index is 0.225. The fraction of sp³-hybridized carbons (Fsp3) is 0.0556. The van der Waals surface area contributed by atoms with Gasteiger partial charge in [0.15, 0.2) is 5.82 Å². The third-order valence-electron chi connectivity index (χ3n) is 3.31. The zero-order valence-corrected chi connectivity index (χ0v) is 12.7. The van der Waals surface area contributed by atoms with Gasteiger partial charge >= 0.3 is 0 Å². The lowest BCUT2D eigenvalue weighted by atomic mass is 10.2. The molecule has 0 saturated carbocycles. The second-order valence-electron chi connectivity index (χ2n) is 5.11. The zero-order chi connectivity index (χ0) is 16.8. The molecule has 120 valence electrons. The number of aromatic nitrogens is 2. The highest BCUT2D eigenvalue weighted by Crippen LogP contribution is 2.10. The van der Waals surface area contributed by atoms with Gasteiger partial charge in [-0.2, -0.15) is 0 Å². The molecule has 5 nitrogen and oxygen atoms in total. The highest BCUT2D eigenvalue weighted by molar-refractivity contribution is 6.03. The van der Waals surface area contributed by atoms with Crippen LogP contribution >= 0.6 is 0 Å². The van der Waals surface area contributed by atoms with Crippen molar-refractivity contribution in [2.24, 2.45) is 0 Å². The quantitative estimate of drug-likeness (QED) is 0.755. The lowest BCUT2D eigenvalue weighted by Gasteiger charge is -2.07. The predicted molar refractivity (Wildman–Crippen MR) is 90.2 cm³/mol. The predicted octanol–water partition coefficient (Wildman–Crippen LogP) is 3.48. The van der Waals surface area contributed by atoms with Crippen LogP contribution in [0.4, 0.5) is 16.0 Å². The monoisotopic (exact) mass is 322 g/mol. The summed E-state index contributed by atoms with van der Waals surface area (Å²) in [5.41, 5.74) is 1.35. The van der Waals surface area contributed by atoms with E-state index in [0.717, 1.165) is 5.56 Å². The number of nitrogens with zero attached hydrogens (tertiary/aromatic N) is 2. The summed E-state index contributed by atoms with van der Waals surface area (Å²) in [4.78, 5) is 12.0. The molecule has 3 rings (SSSR count). The fourth-order valence-electron chi connectivity index (χ4n) is 2.10. The van der Waals surface area contributed by atoms with Crippen LogP contribution in [0.2, 0.25) is 0 Å². The van der Waals surface area contributed by atoms with Gasteiger partial charge in [0.2, 0.25) is 0 Å². The van der Waals surface area contributed by atoms with E-state index in [2.05, 4.69) is 20.8 Å². The molecule has 2 aromatic carbocycles. The van der Waals surface area contributed by atoms with Gasteiger partial charge in [-0.3, -0.25) is 4.79 Å². The Bertz CT molecular complexity index is 822. The number of carbonyl (C=O) groups excluding carboxylic acids is 1. The number of benzene rings is 2. The molecular formula is C18H15FN4O. The highest BCUT2D eigenvalue weighted by atomic mass is 19.1. The number of halogens is 1. The SMILES string of the molecule is O=C(Nc1ccc(NCc2ccccc2)nn1)c1cccc(F)c1. The van der Waals surface area contributed by atoms with E-state index in [-0.39, 0.29) is 5.56 Å². The van der Waals surface area contributed by atoms with E-state index < -0.39 is 11.7 Å². The van der Waals surface area contributed by atoms with Crippen LogP contribution in [-0.2, 0) is 6.54 Å². The molecule has 0 aliphatic carbocycles. The summed E-state index contributed by atoms with van der Waals surface area (Å²) in [7, 11) is 0. The van der Waals surface area contributed by atoms with Gasteiger partial charge in [0.1, 0.15) is 11.6 Å². The Morgan fingerprint density at radius 3 is 2.38 bits per heavy atom. The third-order valence-corrected chi connectivity index (χ3v) is 3.31. The van der Waals surface area contributed by atoms with Gasteiger partial charge in [0.05, 0.1) is 0 Å². The van der Waals surface area contributed by atoms with Gasteiger partial charge in [-0.15, -0.1) is 10.2 Å². The van der Waals surface area contributed by atoms with Gasteiger partial charge in [-0.05, 0) is 35.9 Å². The number of anilines is 2. The van der Waals surface area contributed by atoms with Crippen LogP contribution in [0, 0.1) is 5.82 Å². The van der Waals surface area contributed by atoms with Crippen molar-refractivity contribution < 1.29 is 9.18 Å². The number of hydrogen-bond donors (Lipinski definition) is 2. The van der Waals surface area contributed by atoms with E-state index in [4.69, 9.17) is 0 Å². The van der Waals surface area contributed by atoms with Gasteiger partial charge in [0.25, 0.3) is 5.91 Å². The van der Waals surface area contributed by atoms with E-state index in [1.807, 2.05) is 30.3 Å². The van der Waals surface area contributed by atoms with Crippen LogP contribution in [0.3, 0.4) is 0 Å². The molecule has 0 aliphatic heterocycles. The molecule has 0 spiro atoms. The summed E-state index contributed by atoms with van der Waals surface area (Å²) >= 11 is 0. The molecule has 0 bridgehead atoms. The van der Waals surface area contributed by atoms with E-state index in [9.17, 15) is 9.18 Å². The second-order valence-corrected chi connectivity index (χ2v) is 5.11. The van der Waals surface area contributed by atoms with Crippen molar-refractivity contribution in [3.63, 3.8) is 0 Å². The molecule has 2 N–H and O–H groups in total. The van der Waals surface area contributed by atoms with Gasteiger partial charge in [-0.1, -0.05) is 36.4 Å². The van der Waals surface area contributed by atoms with Crippen LogP contribution in [0.15, 0.2) is 66.7 Å². The summed E-state index contributed by atoms with van der Waals surface area (Å²) in [6.07, 6.45) is 0. The Morgan fingerprint density at radius 1 is 0.917 bits per heavy atom. The number of nitrogens with one attached hydrogen (secondary N) is 2. The molecule has 0 unspecified atom stereocenters. The summed E-state index contributed by atoms with van der Waals surface area (Å²) < 4.78 is 13.1. The molecule has 1 heterocycles. The summed E-state index contributed by atoms with van der Waals surface area (Å²) in [6, 6.07) is 18.7. The van der Waals surface area contributed by atoms with Crippen LogP contribution in [0.25, 0.3) is 0 Å². The molecule has 0 saturated heterocycles.